The lowest BCUT2D eigenvalue weighted by Crippen LogP contribution is -1.86. The Morgan fingerprint density at radius 2 is 1.79 bits per heavy atom. The molecule has 1 heterocycles. The first-order chi connectivity index (χ1) is 6.77. The van der Waals surface area contributed by atoms with Crippen LogP contribution in [-0.4, -0.2) is 9.97 Å². The summed E-state index contributed by atoms with van der Waals surface area (Å²) in [6.07, 6.45) is 3.09. The van der Waals surface area contributed by atoms with Crippen LogP contribution < -0.4 is 0 Å². The van der Waals surface area contributed by atoms with Gasteiger partial charge in [0.05, 0.1) is 5.52 Å². The predicted octanol–water partition coefficient (Wildman–Crippen LogP) is 3.35. The lowest BCUT2D eigenvalue weighted by molar-refractivity contribution is 1.09. The summed E-state index contributed by atoms with van der Waals surface area (Å²) in [5, 5.41) is 1.10. The quantitative estimate of drug-likeness (QED) is 0.633. The molecule has 0 saturated carbocycles. The number of rotatable bonds is 0. The van der Waals surface area contributed by atoms with Gasteiger partial charge in [-0.05, 0) is 13.0 Å². The number of fused-ring (bicyclic) bond motifs is 1. The van der Waals surface area contributed by atoms with Gasteiger partial charge in [-0.1, -0.05) is 38.5 Å². The molecular formula is C12H16N2. The Morgan fingerprint density at radius 3 is 2.50 bits per heavy atom. The monoisotopic (exact) mass is 188 g/mol. The predicted molar refractivity (Wildman–Crippen MR) is 60.2 cm³/mol. The van der Waals surface area contributed by atoms with Gasteiger partial charge in [0.2, 0.25) is 0 Å². The Kier molecular flexibility index (Phi) is 4.05. The maximum atomic E-state index is 4.26. The number of hydrogen-bond donors (Lipinski definition) is 0. The first kappa shape index (κ1) is 10.6. The highest BCUT2D eigenvalue weighted by atomic mass is 14.9. The summed E-state index contributed by atoms with van der Waals surface area (Å²) in [7, 11) is 0. The van der Waals surface area contributed by atoms with E-state index in [2.05, 4.69) is 23.8 Å². The number of aryl methyl sites for hydroxylation is 1. The number of hydrogen-bond acceptors (Lipinski definition) is 2. The molecule has 74 valence electrons. The van der Waals surface area contributed by atoms with Crippen molar-refractivity contribution in [2.45, 2.75) is 27.2 Å². The zero-order valence-corrected chi connectivity index (χ0v) is 8.99. The molecule has 0 amide bonds. The Hall–Kier alpha value is -1.44. The van der Waals surface area contributed by atoms with Crippen molar-refractivity contribution < 1.29 is 0 Å². The van der Waals surface area contributed by atoms with Crippen LogP contribution in [0.15, 0.2) is 30.5 Å². The van der Waals surface area contributed by atoms with Gasteiger partial charge in [-0.3, -0.25) is 0 Å². The SMILES string of the molecule is CCC.Cc1ncc2ccccc2n1. The van der Waals surface area contributed by atoms with Gasteiger partial charge in [0.25, 0.3) is 0 Å². The van der Waals surface area contributed by atoms with E-state index in [4.69, 9.17) is 0 Å². The molecule has 0 bridgehead atoms. The lowest BCUT2D eigenvalue weighted by atomic mass is 10.2. The van der Waals surface area contributed by atoms with Crippen molar-refractivity contribution in [1.82, 2.24) is 9.97 Å². The summed E-state index contributed by atoms with van der Waals surface area (Å²) < 4.78 is 0. The second-order valence-electron chi connectivity index (χ2n) is 3.18. The van der Waals surface area contributed by atoms with E-state index in [1.165, 1.54) is 6.42 Å². The van der Waals surface area contributed by atoms with Crippen molar-refractivity contribution in [3.63, 3.8) is 0 Å². The number of benzene rings is 1. The molecule has 2 heteroatoms. The molecule has 0 fully saturated rings. The Balaban J connectivity index is 0.000000293. The molecule has 0 aliphatic carbocycles. The summed E-state index contributed by atoms with van der Waals surface area (Å²) in [6, 6.07) is 7.97. The molecule has 14 heavy (non-hydrogen) atoms. The van der Waals surface area contributed by atoms with Crippen molar-refractivity contribution in [3.05, 3.63) is 36.3 Å². The molecule has 0 spiro atoms. The fraction of sp³-hybridized carbons (Fsp3) is 0.333. The first-order valence-corrected chi connectivity index (χ1v) is 4.96. The molecule has 0 aliphatic heterocycles. The largest absolute Gasteiger partial charge is 0.241 e. The van der Waals surface area contributed by atoms with Gasteiger partial charge in [0.15, 0.2) is 0 Å². The van der Waals surface area contributed by atoms with Gasteiger partial charge in [-0.25, -0.2) is 9.97 Å². The van der Waals surface area contributed by atoms with Gasteiger partial charge in [-0.15, -0.1) is 0 Å². The third-order valence-electron chi connectivity index (χ3n) is 1.61. The Bertz CT molecular complexity index is 396. The van der Waals surface area contributed by atoms with Gasteiger partial charge in [0.1, 0.15) is 5.82 Å². The lowest BCUT2D eigenvalue weighted by Gasteiger charge is -1.95. The molecule has 0 N–H and O–H groups in total. The minimum atomic E-state index is 0.823. The van der Waals surface area contributed by atoms with E-state index in [9.17, 15) is 0 Å². The minimum Gasteiger partial charge on any atom is -0.241 e. The standard InChI is InChI=1S/C9H8N2.C3H8/c1-7-10-6-8-4-2-3-5-9(8)11-7;1-3-2/h2-6H,1H3;3H2,1-2H3. The van der Waals surface area contributed by atoms with Gasteiger partial charge in [-0.2, -0.15) is 0 Å². The topological polar surface area (TPSA) is 25.8 Å². The molecule has 0 unspecified atom stereocenters. The minimum absolute atomic E-state index is 0.823. The molecule has 0 saturated heterocycles. The smallest absolute Gasteiger partial charge is 0.125 e. The normalized spacial score (nSPS) is 9.36. The van der Waals surface area contributed by atoms with Crippen LogP contribution in [0.5, 0.6) is 0 Å². The molecule has 0 radical (unpaired) electrons. The van der Waals surface area contributed by atoms with Crippen LogP contribution >= 0.6 is 0 Å². The molecule has 0 atom stereocenters. The maximum Gasteiger partial charge on any atom is 0.125 e. The van der Waals surface area contributed by atoms with E-state index >= 15 is 0 Å². The van der Waals surface area contributed by atoms with Gasteiger partial charge < -0.3 is 0 Å². The molecule has 1 aromatic carbocycles. The van der Waals surface area contributed by atoms with Crippen molar-refractivity contribution >= 4 is 10.9 Å². The summed E-state index contributed by atoms with van der Waals surface area (Å²) >= 11 is 0. The average molecular weight is 188 g/mol. The van der Waals surface area contributed by atoms with Crippen molar-refractivity contribution in [2.75, 3.05) is 0 Å². The summed E-state index contributed by atoms with van der Waals surface area (Å²) in [6.45, 7) is 6.15. The molecular weight excluding hydrogens is 172 g/mol. The van der Waals surface area contributed by atoms with Crippen LogP contribution in [0.4, 0.5) is 0 Å². The van der Waals surface area contributed by atoms with Crippen LogP contribution in [-0.2, 0) is 0 Å². The average Bonchev–Trinajstić information content (AvgIpc) is 2.19. The summed E-state index contributed by atoms with van der Waals surface area (Å²) in [5.74, 6) is 0.823. The fourth-order valence-corrected chi connectivity index (χ4v) is 1.06. The highest BCUT2D eigenvalue weighted by Gasteiger charge is 1.92. The first-order valence-electron chi connectivity index (χ1n) is 4.96. The summed E-state index contributed by atoms with van der Waals surface area (Å²) in [5.41, 5.74) is 1.01. The van der Waals surface area contributed by atoms with E-state index in [-0.39, 0.29) is 0 Å². The van der Waals surface area contributed by atoms with Crippen molar-refractivity contribution in [2.24, 2.45) is 0 Å². The molecule has 1 aromatic heterocycles. The Labute approximate surface area is 85.0 Å². The number of aromatic nitrogens is 2. The molecule has 0 aliphatic rings. The van der Waals surface area contributed by atoms with Crippen LogP contribution in [0, 0.1) is 6.92 Å². The van der Waals surface area contributed by atoms with Crippen LogP contribution in [0.1, 0.15) is 26.1 Å². The number of nitrogens with zero attached hydrogens (tertiary/aromatic N) is 2. The third kappa shape index (κ3) is 2.80. The third-order valence-corrected chi connectivity index (χ3v) is 1.61. The number of para-hydroxylation sites is 1. The van der Waals surface area contributed by atoms with Crippen molar-refractivity contribution in [1.29, 1.82) is 0 Å². The van der Waals surface area contributed by atoms with Gasteiger partial charge in [0, 0.05) is 11.6 Å². The van der Waals surface area contributed by atoms with E-state index < -0.39 is 0 Å². The van der Waals surface area contributed by atoms with E-state index in [1.54, 1.807) is 0 Å². The highest BCUT2D eigenvalue weighted by Crippen LogP contribution is 2.08. The molecule has 2 aromatic rings. The zero-order valence-electron chi connectivity index (χ0n) is 8.99. The maximum absolute atomic E-state index is 4.26. The summed E-state index contributed by atoms with van der Waals surface area (Å²) in [4.78, 5) is 8.36. The fourth-order valence-electron chi connectivity index (χ4n) is 1.06. The highest BCUT2D eigenvalue weighted by molar-refractivity contribution is 5.77. The van der Waals surface area contributed by atoms with Crippen LogP contribution in [0.3, 0.4) is 0 Å². The second kappa shape index (κ2) is 5.32. The van der Waals surface area contributed by atoms with Gasteiger partial charge >= 0.3 is 0 Å². The molecule has 2 nitrogen and oxygen atoms in total. The zero-order chi connectivity index (χ0) is 10.4. The van der Waals surface area contributed by atoms with E-state index in [1.807, 2.05) is 37.4 Å². The van der Waals surface area contributed by atoms with E-state index in [0.29, 0.717) is 0 Å². The second-order valence-corrected chi connectivity index (χ2v) is 3.18. The molecule has 2 rings (SSSR count). The Morgan fingerprint density at radius 1 is 1.14 bits per heavy atom. The van der Waals surface area contributed by atoms with Crippen LogP contribution in [0.25, 0.3) is 10.9 Å². The van der Waals surface area contributed by atoms with E-state index in [0.717, 1.165) is 16.7 Å². The van der Waals surface area contributed by atoms with Crippen LogP contribution in [0.2, 0.25) is 0 Å². The van der Waals surface area contributed by atoms with Crippen molar-refractivity contribution in [3.8, 4) is 0 Å².